The fourth-order valence-electron chi connectivity index (χ4n) is 2.63. The van der Waals surface area contributed by atoms with Crippen LogP contribution in [-0.4, -0.2) is 17.5 Å². The van der Waals surface area contributed by atoms with Crippen molar-refractivity contribution in [3.8, 4) is 0 Å². The molecule has 2 aromatic rings. The number of unbranched alkanes of at least 4 members (excludes halogenated alkanes) is 2. The number of nitrogens with zero attached hydrogens (tertiary/aromatic N) is 1. The third-order valence-electron chi connectivity index (χ3n) is 4.15. The van der Waals surface area contributed by atoms with Crippen LogP contribution in [0.25, 0.3) is 0 Å². The van der Waals surface area contributed by atoms with E-state index in [-0.39, 0.29) is 29.4 Å². The van der Waals surface area contributed by atoms with Crippen molar-refractivity contribution in [2.24, 2.45) is 0 Å². The molecule has 0 aliphatic heterocycles. The van der Waals surface area contributed by atoms with Crippen LogP contribution in [0.1, 0.15) is 52.7 Å². The number of hydrogen-bond donors (Lipinski definition) is 1. The number of aliphatic hydroxyl groups excluding tert-OH is 1. The smallest absolute Gasteiger partial charge is 0.227 e. The maximum atomic E-state index is 12.4. The molecule has 1 aromatic carbocycles. The van der Waals surface area contributed by atoms with Gasteiger partial charge in [-0.3, -0.25) is 4.79 Å². The van der Waals surface area contributed by atoms with E-state index in [4.69, 9.17) is 5.11 Å². The Bertz CT molecular complexity index is 637. The summed E-state index contributed by atoms with van der Waals surface area (Å²) in [6.07, 6.45) is 5.44. The highest BCUT2D eigenvalue weighted by Gasteiger charge is 2.19. The van der Waals surface area contributed by atoms with Gasteiger partial charge in [-0.25, -0.2) is 0 Å². The number of carbonyl (C=O) groups excluding carboxylic acids is 1. The molecule has 0 atom stereocenters. The highest BCUT2D eigenvalue weighted by Crippen LogP contribution is 2.13. The number of ketones is 1. The molecule has 0 aliphatic carbocycles. The maximum Gasteiger partial charge on any atom is 0.227 e. The summed E-state index contributed by atoms with van der Waals surface area (Å²) < 4.78 is 1.98. The molecule has 132 valence electrons. The number of carbonyl (C=O) groups is 1. The first-order valence-corrected chi connectivity index (χ1v) is 9.23. The second kappa shape index (κ2) is 10.7. The van der Waals surface area contributed by atoms with Crippen molar-refractivity contribution in [3.63, 3.8) is 0 Å². The van der Waals surface area contributed by atoms with E-state index in [9.17, 15) is 4.79 Å². The topological polar surface area (TPSA) is 41.2 Å². The monoisotopic (exact) mass is 411 g/mol. The van der Waals surface area contributed by atoms with E-state index in [1.807, 2.05) is 29.1 Å². The van der Waals surface area contributed by atoms with E-state index in [1.165, 1.54) is 24.8 Å². The molecule has 0 saturated heterocycles. The van der Waals surface area contributed by atoms with Crippen molar-refractivity contribution < 1.29 is 31.4 Å². The number of aryl methyl sites for hydroxylation is 1. The van der Waals surface area contributed by atoms with Crippen LogP contribution in [0.4, 0.5) is 0 Å². The molecular weight excluding hydrogens is 386 g/mol. The maximum absolute atomic E-state index is 12.4. The normalized spacial score (nSPS) is 10.5. The van der Waals surface area contributed by atoms with Gasteiger partial charge in [0.1, 0.15) is 0 Å². The van der Waals surface area contributed by atoms with Gasteiger partial charge in [-0.05, 0) is 18.4 Å². The Balaban J connectivity index is 0.00000288. The first-order valence-electron chi connectivity index (χ1n) is 8.35. The first kappa shape index (κ1) is 21.0. The molecule has 0 spiro atoms. The van der Waals surface area contributed by atoms with E-state index < -0.39 is 0 Å². The minimum absolute atomic E-state index is 0. The second-order valence-corrected chi connectivity index (χ2v) is 6.85. The van der Waals surface area contributed by atoms with Gasteiger partial charge in [0.05, 0.1) is 4.88 Å². The van der Waals surface area contributed by atoms with Crippen LogP contribution >= 0.6 is 11.3 Å². The van der Waals surface area contributed by atoms with Gasteiger partial charge in [-0.1, -0.05) is 55.4 Å². The van der Waals surface area contributed by atoms with Crippen LogP contribution < -0.4 is 21.5 Å². The van der Waals surface area contributed by atoms with Crippen LogP contribution in [-0.2, 0) is 19.4 Å². The minimum atomic E-state index is 0. The summed E-state index contributed by atoms with van der Waals surface area (Å²) in [6.45, 7) is 4.72. The van der Waals surface area contributed by atoms with Crippen LogP contribution in [0, 0.1) is 6.92 Å². The zero-order valence-corrected chi connectivity index (χ0v) is 16.8. The molecule has 1 N–H and O–H groups in total. The summed E-state index contributed by atoms with van der Waals surface area (Å²) in [5.41, 5.74) is 5.12. The molecule has 24 heavy (non-hydrogen) atoms. The van der Waals surface area contributed by atoms with E-state index in [0.717, 1.165) is 22.6 Å². The molecular formula is C19H26BrNO2S. The highest BCUT2D eigenvalue weighted by molar-refractivity contribution is 7.09. The molecule has 1 heterocycles. The van der Waals surface area contributed by atoms with Gasteiger partial charge in [0, 0.05) is 25.5 Å². The molecule has 0 unspecified atom stereocenters. The Morgan fingerprint density at radius 2 is 1.88 bits per heavy atom. The predicted molar refractivity (Wildman–Crippen MR) is 94.0 cm³/mol. The van der Waals surface area contributed by atoms with Gasteiger partial charge in [0.2, 0.25) is 17.8 Å². The number of aromatic nitrogens is 1. The third kappa shape index (κ3) is 5.80. The highest BCUT2D eigenvalue weighted by atomic mass is 79.9. The average molecular weight is 412 g/mol. The summed E-state index contributed by atoms with van der Waals surface area (Å²) in [5.74, 6) is 0.131. The lowest BCUT2D eigenvalue weighted by Gasteiger charge is -2.03. The van der Waals surface area contributed by atoms with Crippen molar-refractivity contribution >= 4 is 17.1 Å². The van der Waals surface area contributed by atoms with Crippen LogP contribution in [0.3, 0.4) is 0 Å². The van der Waals surface area contributed by atoms with Crippen molar-refractivity contribution in [3.05, 3.63) is 51.5 Å². The van der Waals surface area contributed by atoms with Gasteiger partial charge in [-0.15, -0.1) is 0 Å². The Labute approximate surface area is 159 Å². The summed E-state index contributed by atoms with van der Waals surface area (Å²) in [5, 5.41) is 9.05. The molecule has 3 nitrogen and oxygen atoms in total. The molecule has 5 heteroatoms. The van der Waals surface area contributed by atoms with Gasteiger partial charge >= 0.3 is 0 Å². The van der Waals surface area contributed by atoms with Crippen molar-refractivity contribution in [1.29, 1.82) is 0 Å². The van der Waals surface area contributed by atoms with Crippen LogP contribution in [0.2, 0.25) is 0 Å². The Kier molecular flexibility index (Phi) is 9.41. The fourth-order valence-corrected chi connectivity index (χ4v) is 3.62. The predicted octanol–water partition coefficient (Wildman–Crippen LogP) is 0.498. The van der Waals surface area contributed by atoms with E-state index >= 15 is 0 Å². The standard InChI is InChI=1S/C19H26NO2S.BrH/c1-3-4-5-6-16-7-9-17(10-8-16)18(22)13-20-14-23-19(11-12-21)15(20)2;/h7-10,14,21H,3-6,11-13H2,1-2H3;1H/q+1;/p-1. The molecule has 0 amide bonds. The number of rotatable bonds is 9. The zero-order chi connectivity index (χ0) is 16.7. The van der Waals surface area contributed by atoms with Crippen LogP contribution in [0.15, 0.2) is 29.8 Å². The van der Waals surface area contributed by atoms with Crippen LogP contribution in [0.5, 0.6) is 0 Å². The number of benzene rings is 1. The SMILES string of the molecule is CCCCCc1ccc(C(=O)C[n+]2csc(CCO)c2C)cc1.[Br-]. The van der Waals surface area contributed by atoms with Crippen molar-refractivity contribution in [2.45, 2.75) is 52.5 Å². The largest absolute Gasteiger partial charge is 1.00 e. The summed E-state index contributed by atoms with van der Waals surface area (Å²) in [6, 6.07) is 8.04. The lowest BCUT2D eigenvalue weighted by atomic mass is 10.0. The summed E-state index contributed by atoms with van der Waals surface area (Å²) in [7, 11) is 0. The first-order chi connectivity index (χ1) is 11.2. The number of halogens is 1. The molecule has 0 fully saturated rings. The van der Waals surface area contributed by atoms with E-state index in [2.05, 4.69) is 19.1 Å². The zero-order valence-electron chi connectivity index (χ0n) is 14.4. The van der Waals surface area contributed by atoms with Gasteiger partial charge < -0.3 is 22.1 Å². The lowest BCUT2D eigenvalue weighted by molar-refractivity contribution is -0.684. The van der Waals surface area contributed by atoms with Crippen molar-refractivity contribution in [1.82, 2.24) is 0 Å². The Hall–Kier alpha value is -1.04. The number of aliphatic hydroxyl groups is 1. The molecule has 0 bridgehead atoms. The minimum Gasteiger partial charge on any atom is -1.00 e. The summed E-state index contributed by atoms with van der Waals surface area (Å²) >= 11 is 1.60. The van der Waals surface area contributed by atoms with E-state index in [0.29, 0.717) is 13.0 Å². The molecule has 1 aromatic heterocycles. The van der Waals surface area contributed by atoms with Gasteiger partial charge in [0.25, 0.3) is 0 Å². The second-order valence-electron chi connectivity index (χ2n) is 5.91. The third-order valence-corrected chi connectivity index (χ3v) is 5.30. The molecule has 0 radical (unpaired) electrons. The molecule has 0 aliphatic rings. The van der Waals surface area contributed by atoms with Crippen molar-refractivity contribution in [2.75, 3.05) is 6.61 Å². The Morgan fingerprint density at radius 3 is 2.50 bits per heavy atom. The van der Waals surface area contributed by atoms with Gasteiger partial charge in [0.15, 0.2) is 5.69 Å². The molecule has 0 saturated carbocycles. The lowest BCUT2D eigenvalue weighted by Crippen LogP contribution is -3.00. The van der Waals surface area contributed by atoms with E-state index in [1.54, 1.807) is 11.3 Å². The molecule has 2 rings (SSSR count). The number of thiazole rings is 1. The summed E-state index contributed by atoms with van der Waals surface area (Å²) in [4.78, 5) is 13.6. The van der Waals surface area contributed by atoms with Gasteiger partial charge in [-0.2, -0.15) is 4.57 Å². The number of Topliss-reactive ketones (excluding diaryl/α,β-unsaturated/α-hetero) is 1. The quantitative estimate of drug-likeness (QED) is 0.370. The average Bonchev–Trinajstić information content (AvgIpc) is 2.89. The fraction of sp³-hybridized carbons (Fsp3) is 0.474. The number of hydrogen-bond acceptors (Lipinski definition) is 3. The Morgan fingerprint density at radius 1 is 1.17 bits per heavy atom.